The number of aliphatic hydroxyl groups excluding tert-OH is 1. The fraction of sp³-hybridized carbons (Fsp3) is 0.250. The fourth-order valence-corrected chi connectivity index (χ4v) is 2.14. The summed E-state index contributed by atoms with van der Waals surface area (Å²) in [7, 11) is 0. The summed E-state index contributed by atoms with van der Waals surface area (Å²) in [6.07, 6.45) is 1.61. The molecule has 0 saturated heterocycles. The van der Waals surface area contributed by atoms with Gasteiger partial charge in [-0.1, -0.05) is 33.6 Å². The molecule has 0 aliphatic heterocycles. The van der Waals surface area contributed by atoms with E-state index in [2.05, 4.69) is 22.5 Å². The van der Waals surface area contributed by atoms with Crippen LogP contribution in [0.15, 0.2) is 35.3 Å². The Labute approximate surface area is 114 Å². The molecule has 1 aromatic carbocycles. The SMILES string of the molecule is C=CCN(CCO)C(=O)c1ccc(Br)cc1Cl. The molecule has 92 valence electrons. The van der Waals surface area contributed by atoms with Gasteiger partial charge in [-0.05, 0) is 18.2 Å². The van der Waals surface area contributed by atoms with E-state index in [4.69, 9.17) is 16.7 Å². The summed E-state index contributed by atoms with van der Waals surface area (Å²) < 4.78 is 0.816. The molecule has 0 atom stereocenters. The number of nitrogens with zero attached hydrogens (tertiary/aromatic N) is 1. The maximum Gasteiger partial charge on any atom is 0.255 e. The van der Waals surface area contributed by atoms with Gasteiger partial charge in [-0.15, -0.1) is 6.58 Å². The Bertz CT molecular complexity index is 423. The zero-order valence-electron chi connectivity index (χ0n) is 9.20. The van der Waals surface area contributed by atoms with Crippen molar-refractivity contribution in [3.8, 4) is 0 Å². The average Bonchev–Trinajstić information content (AvgIpc) is 2.28. The van der Waals surface area contributed by atoms with E-state index in [9.17, 15) is 4.79 Å². The van der Waals surface area contributed by atoms with Crippen LogP contribution in [0.25, 0.3) is 0 Å². The molecule has 0 aliphatic rings. The topological polar surface area (TPSA) is 40.5 Å². The van der Waals surface area contributed by atoms with Crippen molar-refractivity contribution in [2.45, 2.75) is 0 Å². The van der Waals surface area contributed by atoms with Crippen LogP contribution in [-0.4, -0.2) is 35.6 Å². The lowest BCUT2D eigenvalue weighted by atomic mass is 10.2. The molecular weight excluding hydrogens is 305 g/mol. The Morgan fingerprint density at radius 2 is 2.29 bits per heavy atom. The minimum Gasteiger partial charge on any atom is -0.395 e. The van der Waals surface area contributed by atoms with E-state index >= 15 is 0 Å². The zero-order valence-corrected chi connectivity index (χ0v) is 11.5. The highest BCUT2D eigenvalue weighted by Gasteiger charge is 2.16. The van der Waals surface area contributed by atoms with Crippen LogP contribution in [0.5, 0.6) is 0 Å². The van der Waals surface area contributed by atoms with Gasteiger partial charge in [0.1, 0.15) is 0 Å². The maximum absolute atomic E-state index is 12.1. The van der Waals surface area contributed by atoms with Gasteiger partial charge in [0.25, 0.3) is 5.91 Å². The molecule has 0 saturated carbocycles. The molecule has 0 heterocycles. The number of halogens is 2. The first-order chi connectivity index (χ1) is 8.10. The summed E-state index contributed by atoms with van der Waals surface area (Å²) in [4.78, 5) is 13.6. The lowest BCUT2D eigenvalue weighted by Crippen LogP contribution is -2.33. The Morgan fingerprint density at radius 1 is 1.59 bits per heavy atom. The standard InChI is InChI=1S/C12H13BrClNO2/c1-2-5-15(6-7-16)12(17)10-4-3-9(13)8-11(10)14/h2-4,8,16H,1,5-7H2. The number of hydrogen-bond acceptors (Lipinski definition) is 2. The van der Waals surface area contributed by atoms with Gasteiger partial charge >= 0.3 is 0 Å². The van der Waals surface area contributed by atoms with Crippen molar-refractivity contribution in [2.75, 3.05) is 19.7 Å². The number of hydrogen-bond donors (Lipinski definition) is 1. The summed E-state index contributed by atoms with van der Waals surface area (Å²) in [6.45, 7) is 4.13. The number of amides is 1. The molecule has 17 heavy (non-hydrogen) atoms. The van der Waals surface area contributed by atoms with Crippen LogP contribution in [-0.2, 0) is 0 Å². The van der Waals surface area contributed by atoms with Gasteiger partial charge in [-0.3, -0.25) is 4.79 Å². The number of carbonyl (C=O) groups excluding carboxylic acids is 1. The van der Waals surface area contributed by atoms with Gasteiger partial charge in [-0.2, -0.15) is 0 Å². The van der Waals surface area contributed by atoms with Crippen LogP contribution < -0.4 is 0 Å². The van der Waals surface area contributed by atoms with Crippen molar-refractivity contribution in [3.63, 3.8) is 0 Å². The first kappa shape index (κ1) is 14.2. The summed E-state index contributed by atoms with van der Waals surface area (Å²) >= 11 is 9.28. The maximum atomic E-state index is 12.1. The molecule has 0 fully saturated rings. The fourth-order valence-electron chi connectivity index (χ4n) is 1.39. The summed E-state index contributed by atoms with van der Waals surface area (Å²) in [5, 5.41) is 9.29. The van der Waals surface area contributed by atoms with E-state index in [0.717, 1.165) is 4.47 Å². The molecule has 1 N–H and O–H groups in total. The zero-order chi connectivity index (χ0) is 12.8. The van der Waals surface area contributed by atoms with Crippen LogP contribution in [0, 0.1) is 0 Å². The van der Waals surface area contributed by atoms with E-state index in [1.807, 2.05) is 0 Å². The Hall–Kier alpha value is -0.840. The third kappa shape index (κ3) is 3.84. The highest BCUT2D eigenvalue weighted by atomic mass is 79.9. The minimum absolute atomic E-state index is 0.0896. The predicted octanol–water partition coefficient (Wildman–Crippen LogP) is 2.72. The first-order valence-corrected chi connectivity index (χ1v) is 6.23. The number of aliphatic hydroxyl groups is 1. The van der Waals surface area contributed by atoms with Gasteiger partial charge in [0.05, 0.1) is 17.2 Å². The molecule has 1 aromatic rings. The summed E-state index contributed by atoms with van der Waals surface area (Å²) in [5.74, 6) is -0.212. The average molecular weight is 319 g/mol. The van der Waals surface area contributed by atoms with Crippen molar-refractivity contribution in [2.24, 2.45) is 0 Å². The third-order valence-electron chi connectivity index (χ3n) is 2.17. The normalized spacial score (nSPS) is 10.1. The second kappa shape index (κ2) is 6.79. The molecule has 3 nitrogen and oxygen atoms in total. The summed E-state index contributed by atoms with van der Waals surface area (Å²) in [6, 6.07) is 5.08. The van der Waals surface area contributed by atoms with E-state index in [1.165, 1.54) is 4.90 Å². The minimum atomic E-state index is -0.212. The lowest BCUT2D eigenvalue weighted by molar-refractivity contribution is 0.0743. The van der Waals surface area contributed by atoms with Crippen molar-refractivity contribution in [1.29, 1.82) is 0 Å². The molecule has 0 unspecified atom stereocenters. The van der Waals surface area contributed by atoms with Crippen molar-refractivity contribution < 1.29 is 9.90 Å². The molecule has 1 amide bonds. The van der Waals surface area contributed by atoms with E-state index < -0.39 is 0 Å². The molecule has 0 aromatic heterocycles. The van der Waals surface area contributed by atoms with E-state index in [1.54, 1.807) is 24.3 Å². The quantitative estimate of drug-likeness (QED) is 0.848. The number of rotatable bonds is 5. The molecule has 1 rings (SSSR count). The molecule has 0 bridgehead atoms. The van der Waals surface area contributed by atoms with Crippen LogP contribution in [0.4, 0.5) is 0 Å². The van der Waals surface area contributed by atoms with Gasteiger partial charge in [0, 0.05) is 17.6 Å². The van der Waals surface area contributed by atoms with Crippen molar-refractivity contribution >= 4 is 33.4 Å². The largest absolute Gasteiger partial charge is 0.395 e. The molecule has 0 aliphatic carbocycles. The first-order valence-electron chi connectivity index (χ1n) is 5.06. The van der Waals surface area contributed by atoms with Gasteiger partial charge in [0.2, 0.25) is 0 Å². The van der Waals surface area contributed by atoms with Crippen LogP contribution in [0.3, 0.4) is 0 Å². The number of benzene rings is 1. The molecule has 0 spiro atoms. The van der Waals surface area contributed by atoms with Crippen LogP contribution in [0.2, 0.25) is 5.02 Å². The van der Waals surface area contributed by atoms with Gasteiger partial charge in [-0.25, -0.2) is 0 Å². The second-order valence-electron chi connectivity index (χ2n) is 3.39. The lowest BCUT2D eigenvalue weighted by Gasteiger charge is -2.20. The van der Waals surface area contributed by atoms with Crippen molar-refractivity contribution in [3.05, 3.63) is 45.9 Å². The number of carbonyl (C=O) groups is 1. The smallest absolute Gasteiger partial charge is 0.255 e. The molecular formula is C12H13BrClNO2. The van der Waals surface area contributed by atoms with E-state index in [-0.39, 0.29) is 19.1 Å². The highest BCUT2D eigenvalue weighted by Crippen LogP contribution is 2.22. The van der Waals surface area contributed by atoms with E-state index in [0.29, 0.717) is 17.1 Å². The second-order valence-corrected chi connectivity index (χ2v) is 4.71. The Balaban J connectivity index is 2.96. The molecule has 0 radical (unpaired) electrons. The van der Waals surface area contributed by atoms with Crippen molar-refractivity contribution in [1.82, 2.24) is 4.90 Å². The van der Waals surface area contributed by atoms with Gasteiger partial charge < -0.3 is 10.0 Å². The Morgan fingerprint density at radius 3 is 2.82 bits per heavy atom. The van der Waals surface area contributed by atoms with Crippen LogP contribution >= 0.6 is 27.5 Å². The molecule has 5 heteroatoms. The predicted molar refractivity (Wildman–Crippen MR) is 72.3 cm³/mol. The third-order valence-corrected chi connectivity index (χ3v) is 2.97. The van der Waals surface area contributed by atoms with Gasteiger partial charge in [0.15, 0.2) is 0 Å². The highest BCUT2D eigenvalue weighted by molar-refractivity contribution is 9.10. The van der Waals surface area contributed by atoms with Crippen LogP contribution in [0.1, 0.15) is 10.4 Å². The Kier molecular flexibility index (Phi) is 5.68. The monoisotopic (exact) mass is 317 g/mol. The summed E-state index contributed by atoms with van der Waals surface area (Å²) in [5.41, 5.74) is 0.421.